The maximum Gasteiger partial charge on any atom is 0.169 e. The van der Waals surface area contributed by atoms with Gasteiger partial charge in [-0.15, -0.1) is 11.8 Å². The van der Waals surface area contributed by atoms with E-state index >= 15 is 0 Å². The SMILES string of the molecule is NC1CCC2(CC1Sc1ccc(Br)cn1)OCCO2. The van der Waals surface area contributed by atoms with E-state index in [4.69, 9.17) is 15.2 Å². The predicted molar refractivity (Wildman–Crippen MR) is 78.0 cm³/mol. The van der Waals surface area contributed by atoms with Crippen molar-refractivity contribution in [3.63, 3.8) is 0 Å². The van der Waals surface area contributed by atoms with E-state index < -0.39 is 0 Å². The molecule has 1 saturated carbocycles. The Morgan fingerprint density at radius 2 is 2.16 bits per heavy atom. The van der Waals surface area contributed by atoms with E-state index in [0.29, 0.717) is 18.5 Å². The molecule has 2 N–H and O–H groups in total. The summed E-state index contributed by atoms with van der Waals surface area (Å²) in [4.78, 5) is 4.40. The van der Waals surface area contributed by atoms with Crippen molar-refractivity contribution in [3.05, 3.63) is 22.8 Å². The zero-order valence-electron chi connectivity index (χ0n) is 10.5. The number of thioether (sulfide) groups is 1. The summed E-state index contributed by atoms with van der Waals surface area (Å²) >= 11 is 5.12. The van der Waals surface area contributed by atoms with Crippen LogP contribution in [0.4, 0.5) is 0 Å². The Hall–Kier alpha value is -0.140. The van der Waals surface area contributed by atoms with E-state index in [1.165, 1.54) is 0 Å². The number of hydrogen-bond acceptors (Lipinski definition) is 5. The largest absolute Gasteiger partial charge is 0.347 e. The van der Waals surface area contributed by atoms with E-state index in [2.05, 4.69) is 20.9 Å². The van der Waals surface area contributed by atoms with Crippen LogP contribution in [0.2, 0.25) is 0 Å². The second kappa shape index (κ2) is 5.69. The molecule has 2 atom stereocenters. The second-order valence-corrected chi connectivity index (χ2v) is 7.16. The monoisotopic (exact) mass is 344 g/mol. The van der Waals surface area contributed by atoms with Crippen LogP contribution in [0.3, 0.4) is 0 Å². The average Bonchev–Trinajstić information content (AvgIpc) is 2.85. The molecule has 1 aromatic heterocycles. The van der Waals surface area contributed by atoms with Gasteiger partial charge < -0.3 is 15.2 Å². The highest BCUT2D eigenvalue weighted by atomic mass is 79.9. The van der Waals surface area contributed by atoms with Crippen LogP contribution in [0.1, 0.15) is 19.3 Å². The number of nitrogens with two attached hydrogens (primary N) is 1. The molecular formula is C13H17BrN2O2S. The van der Waals surface area contributed by atoms with E-state index in [1.807, 2.05) is 18.3 Å². The first-order valence-electron chi connectivity index (χ1n) is 6.49. The maximum atomic E-state index is 6.24. The lowest BCUT2D eigenvalue weighted by atomic mass is 9.90. The topological polar surface area (TPSA) is 57.4 Å². The summed E-state index contributed by atoms with van der Waals surface area (Å²) in [6.45, 7) is 1.40. The third-order valence-corrected chi connectivity index (χ3v) is 5.41. The van der Waals surface area contributed by atoms with Crippen LogP contribution in [-0.4, -0.2) is 35.3 Å². The summed E-state index contributed by atoms with van der Waals surface area (Å²) in [6.07, 6.45) is 4.50. The predicted octanol–water partition coefficient (Wildman–Crippen LogP) is 2.56. The lowest BCUT2D eigenvalue weighted by molar-refractivity contribution is -0.176. The van der Waals surface area contributed by atoms with Crippen molar-refractivity contribution in [1.82, 2.24) is 4.98 Å². The molecule has 1 aliphatic heterocycles. The van der Waals surface area contributed by atoms with Gasteiger partial charge in [0.25, 0.3) is 0 Å². The Morgan fingerprint density at radius 3 is 2.84 bits per heavy atom. The van der Waals surface area contributed by atoms with Crippen LogP contribution in [0.25, 0.3) is 0 Å². The molecule has 19 heavy (non-hydrogen) atoms. The van der Waals surface area contributed by atoms with Gasteiger partial charge in [0, 0.05) is 34.8 Å². The molecule has 0 amide bonds. The molecule has 6 heteroatoms. The number of pyridine rings is 1. The van der Waals surface area contributed by atoms with Crippen molar-refractivity contribution in [2.24, 2.45) is 5.73 Å². The van der Waals surface area contributed by atoms with Gasteiger partial charge in [-0.3, -0.25) is 0 Å². The van der Waals surface area contributed by atoms with Gasteiger partial charge in [-0.05, 0) is 34.5 Å². The fraction of sp³-hybridized carbons (Fsp3) is 0.615. The van der Waals surface area contributed by atoms with Gasteiger partial charge in [-0.2, -0.15) is 0 Å². The van der Waals surface area contributed by atoms with Crippen molar-refractivity contribution in [2.75, 3.05) is 13.2 Å². The molecule has 0 bridgehead atoms. The standard InChI is InChI=1S/C13H17BrN2O2S/c14-9-1-2-12(16-8-9)19-11-7-13(4-3-10(11)15)17-5-6-18-13/h1-2,8,10-11H,3-7,15H2. The molecule has 104 valence electrons. The average molecular weight is 345 g/mol. The van der Waals surface area contributed by atoms with Gasteiger partial charge in [0.15, 0.2) is 5.79 Å². The summed E-state index contributed by atoms with van der Waals surface area (Å²) in [5.74, 6) is -0.386. The number of rotatable bonds is 2. The summed E-state index contributed by atoms with van der Waals surface area (Å²) in [7, 11) is 0. The van der Waals surface area contributed by atoms with Gasteiger partial charge in [-0.25, -0.2) is 4.98 Å². The maximum absolute atomic E-state index is 6.24. The van der Waals surface area contributed by atoms with Gasteiger partial charge in [0.1, 0.15) is 0 Å². The molecule has 2 unspecified atom stereocenters. The van der Waals surface area contributed by atoms with E-state index in [9.17, 15) is 0 Å². The lowest BCUT2D eigenvalue weighted by Crippen LogP contribution is -2.47. The first-order chi connectivity index (χ1) is 9.17. The van der Waals surface area contributed by atoms with Crippen molar-refractivity contribution in [2.45, 2.75) is 41.4 Å². The third kappa shape index (κ3) is 3.13. The summed E-state index contributed by atoms with van der Waals surface area (Å²) in [5.41, 5.74) is 6.24. The highest BCUT2D eigenvalue weighted by molar-refractivity contribution is 9.10. The third-order valence-electron chi connectivity index (χ3n) is 3.63. The second-order valence-electron chi connectivity index (χ2n) is 4.99. The normalized spacial score (nSPS) is 29.8. The highest BCUT2D eigenvalue weighted by Crippen LogP contribution is 2.41. The van der Waals surface area contributed by atoms with Crippen molar-refractivity contribution in [1.29, 1.82) is 0 Å². The quantitative estimate of drug-likeness (QED) is 0.893. The van der Waals surface area contributed by atoms with Gasteiger partial charge in [0.2, 0.25) is 0 Å². The Morgan fingerprint density at radius 1 is 1.37 bits per heavy atom. The van der Waals surface area contributed by atoms with E-state index in [0.717, 1.165) is 28.8 Å². The number of nitrogens with zero attached hydrogens (tertiary/aromatic N) is 1. The van der Waals surface area contributed by atoms with Crippen LogP contribution in [-0.2, 0) is 9.47 Å². The van der Waals surface area contributed by atoms with Gasteiger partial charge in [0.05, 0.1) is 18.2 Å². The van der Waals surface area contributed by atoms with Gasteiger partial charge in [-0.1, -0.05) is 0 Å². The minimum Gasteiger partial charge on any atom is -0.347 e. The summed E-state index contributed by atoms with van der Waals surface area (Å²) in [6, 6.07) is 4.19. The van der Waals surface area contributed by atoms with E-state index in [-0.39, 0.29) is 11.8 Å². The molecule has 0 aromatic carbocycles. The molecule has 1 spiro atoms. The molecule has 3 rings (SSSR count). The molecular weight excluding hydrogens is 328 g/mol. The number of aromatic nitrogens is 1. The minimum atomic E-state index is -0.386. The van der Waals surface area contributed by atoms with Crippen molar-refractivity contribution >= 4 is 27.7 Å². The fourth-order valence-corrected chi connectivity index (χ4v) is 4.06. The van der Waals surface area contributed by atoms with Crippen LogP contribution >= 0.6 is 27.7 Å². The minimum absolute atomic E-state index is 0.175. The first kappa shape index (κ1) is 13.8. The Balaban J connectivity index is 1.69. The van der Waals surface area contributed by atoms with Crippen LogP contribution in [0.15, 0.2) is 27.8 Å². The Labute approximate surface area is 125 Å². The molecule has 1 aliphatic carbocycles. The molecule has 1 saturated heterocycles. The number of halogens is 1. The van der Waals surface area contributed by atoms with Gasteiger partial charge >= 0.3 is 0 Å². The van der Waals surface area contributed by atoms with Crippen LogP contribution in [0.5, 0.6) is 0 Å². The molecule has 2 fully saturated rings. The molecule has 2 heterocycles. The number of ether oxygens (including phenoxy) is 2. The lowest BCUT2D eigenvalue weighted by Gasteiger charge is -2.39. The summed E-state index contributed by atoms with van der Waals surface area (Å²) < 4.78 is 12.6. The first-order valence-corrected chi connectivity index (χ1v) is 8.16. The van der Waals surface area contributed by atoms with Crippen LogP contribution < -0.4 is 5.73 Å². The highest BCUT2D eigenvalue weighted by Gasteiger charge is 2.44. The number of hydrogen-bond donors (Lipinski definition) is 1. The smallest absolute Gasteiger partial charge is 0.169 e. The Bertz CT molecular complexity index is 437. The molecule has 4 nitrogen and oxygen atoms in total. The molecule has 0 radical (unpaired) electrons. The Kier molecular flexibility index (Phi) is 4.14. The molecule has 1 aromatic rings. The van der Waals surface area contributed by atoms with Crippen LogP contribution in [0, 0.1) is 0 Å². The zero-order chi connectivity index (χ0) is 13.3. The van der Waals surface area contributed by atoms with E-state index in [1.54, 1.807) is 11.8 Å². The molecule has 2 aliphatic rings. The zero-order valence-corrected chi connectivity index (χ0v) is 13.0. The fourth-order valence-electron chi connectivity index (χ4n) is 2.61. The van der Waals surface area contributed by atoms with Crippen molar-refractivity contribution < 1.29 is 9.47 Å². The summed E-state index contributed by atoms with van der Waals surface area (Å²) in [5, 5.41) is 1.29. The van der Waals surface area contributed by atoms with Crippen molar-refractivity contribution in [3.8, 4) is 0 Å².